The Morgan fingerprint density at radius 1 is 1.39 bits per heavy atom. The van der Waals surface area contributed by atoms with Crippen LogP contribution in [0.25, 0.3) is 0 Å². The third kappa shape index (κ3) is 3.01. The number of thioether (sulfide) groups is 1. The van der Waals surface area contributed by atoms with Gasteiger partial charge in [-0.1, -0.05) is 11.8 Å². The summed E-state index contributed by atoms with van der Waals surface area (Å²) in [4.78, 5) is 12.7. The number of nitrogens with two attached hydrogens (primary N) is 1. The summed E-state index contributed by atoms with van der Waals surface area (Å²) >= 11 is 1.57. The van der Waals surface area contributed by atoms with Gasteiger partial charge in [0.2, 0.25) is 0 Å². The van der Waals surface area contributed by atoms with Crippen molar-refractivity contribution in [1.82, 2.24) is 19.5 Å². The van der Waals surface area contributed by atoms with Gasteiger partial charge in [0.05, 0.1) is 6.33 Å². The first-order valence-electron chi connectivity index (χ1n) is 5.81. The molecule has 2 N–H and O–H groups in total. The van der Waals surface area contributed by atoms with Crippen molar-refractivity contribution in [2.45, 2.75) is 37.7 Å². The minimum Gasteiger partial charge on any atom is -0.384 e. The van der Waals surface area contributed by atoms with E-state index >= 15 is 0 Å². The second-order valence-electron chi connectivity index (χ2n) is 4.39. The Kier molecular flexibility index (Phi) is 3.86. The molecular formula is C12H17N5S. The maximum absolute atomic E-state index is 5.70. The zero-order valence-corrected chi connectivity index (χ0v) is 11.6. The molecule has 18 heavy (non-hydrogen) atoms. The fraction of sp³-hybridized carbons (Fsp3) is 0.417. The Bertz CT molecular complexity index is 515. The van der Waals surface area contributed by atoms with Crippen molar-refractivity contribution in [3.63, 3.8) is 0 Å². The van der Waals surface area contributed by atoms with Crippen molar-refractivity contribution in [3.05, 3.63) is 30.0 Å². The smallest absolute Gasteiger partial charge is 0.190 e. The monoisotopic (exact) mass is 263 g/mol. The molecule has 0 saturated carbocycles. The number of aromatic nitrogens is 4. The predicted octanol–water partition coefficient (Wildman–Crippen LogP) is 2.44. The summed E-state index contributed by atoms with van der Waals surface area (Å²) in [7, 11) is 0. The van der Waals surface area contributed by atoms with E-state index in [1.54, 1.807) is 17.8 Å². The fourth-order valence-corrected chi connectivity index (χ4v) is 2.56. The number of hydrogen-bond donors (Lipinski definition) is 1. The van der Waals surface area contributed by atoms with Gasteiger partial charge in [-0.15, -0.1) is 0 Å². The molecule has 0 radical (unpaired) electrons. The molecule has 2 aromatic rings. The van der Waals surface area contributed by atoms with Gasteiger partial charge in [0.15, 0.2) is 5.16 Å². The summed E-state index contributed by atoms with van der Waals surface area (Å²) in [6.07, 6.45) is 3.73. The summed E-state index contributed by atoms with van der Waals surface area (Å²) in [5.41, 5.74) is 7.76. The van der Waals surface area contributed by atoms with E-state index in [0.29, 0.717) is 17.0 Å². The largest absolute Gasteiger partial charge is 0.384 e. The van der Waals surface area contributed by atoms with Crippen molar-refractivity contribution < 1.29 is 0 Å². The molecule has 0 atom stereocenters. The molecule has 96 valence electrons. The summed E-state index contributed by atoms with van der Waals surface area (Å²) in [6.45, 7) is 6.19. The van der Waals surface area contributed by atoms with E-state index in [1.807, 2.05) is 19.4 Å². The lowest BCUT2D eigenvalue weighted by atomic mass is 10.4. The number of nitrogen functional groups attached to an aromatic ring is 1. The predicted molar refractivity (Wildman–Crippen MR) is 73.4 cm³/mol. The molecule has 0 spiro atoms. The first-order valence-corrected chi connectivity index (χ1v) is 6.79. The van der Waals surface area contributed by atoms with E-state index in [1.165, 1.54) is 5.69 Å². The van der Waals surface area contributed by atoms with Gasteiger partial charge in [-0.3, -0.25) is 0 Å². The maximum Gasteiger partial charge on any atom is 0.190 e. The highest BCUT2D eigenvalue weighted by Crippen LogP contribution is 2.21. The number of anilines is 1. The van der Waals surface area contributed by atoms with Crippen molar-refractivity contribution >= 4 is 17.6 Å². The molecule has 0 fully saturated rings. The second kappa shape index (κ2) is 5.39. The fourth-order valence-electron chi connectivity index (χ4n) is 1.68. The Balaban J connectivity index is 2.09. The van der Waals surface area contributed by atoms with Crippen LogP contribution in [0.15, 0.2) is 23.7 Å². The van der Waals surface area contributed by atoms with E-state index in [-0.39, 0.29) is 0 Å². The summed E-state index contributed by atoms with van der Waals surface area (Å²) < 4.78 is 2.14. The number of nitrogens with zero attached hydrogens (tertiary/aromatic N) is 4. The van der Waals surface area contributed by atoms with Crippen molar-refractivity contribution in [2.24, 2.45) is 0 Å². The molecule has 0 saturated heterocycles. The highest BCUT2D eigenvalue weighted by Gasteiger charge is 2.07. The molecule has 6 heteroatoms. The van der Waals surface area contributed by atoms with E-state index in [2.05, 4.69) is 33.4 Å². The van der Waals surface area contributed by atoms with Gasteiger partial charge in [-0.25, -0.2) is 15.0 Å². The third-order valence-electron chi connectivity index (χ3n) is 2.51. The Hall–Kier alpha value is -1.56. The standard InChI is InChI=1S/C12H17N5S/c1-8(2)17-7-14-5-10(17)6-18-12-15-9(3)4-11(13)16-12/h4-5,7-8H,6H2,1-3H3,(H2,13,15,16). The molecule has 2 aromatic heterocycles. The van der Waals surface area contributed by atoms with E-state index in [9.17, 15) is 0 Å². The van der Waals surface area contributed by atoms with Crippen LogP contribution in [-0.2, 0) is 5.75 Å². The number of rotatable bonds is 4. The van der Waals surface area contributed by atoms with Crippen molar-refractivity contribution in [1.29, 1.82) is 0 Å². The van der Waals surface area contributed by atoms with Gasteiger partial charge >= 0.3 is 0 Å². The SMILES string of the molecule is Cc1cc(N)nc(SCc2cncn2C(C)C)n1. The second-order valence-corrected chi connectivity index (χ2v) is 5.33. The van der Waals surface area contributed by atoms with Crippen LogP contribution in [0.5, 0.6) is 0 Å². The third-order valence-corrected chi connectivity index (χ3v) is 3.39. The van der Waals surface area contributed by atoms with Gasteiger partial charge in [-0.05, 0) is 20.8 Å². The molecule has 0 aliphatic carbocycles. The van der Waals surface area contributed by atoms with Gasteiger partial charge < -0.3 is 10.3 Å². The highest BCUT2D eigenvalue weighted by molar-refractivity contribution is 7.98. The van der Waals surface area contributed by atoms with Gasteiger partial charge in [0.25, 0.3) is 0 Å². The molecule has 2 rings (SSSR count). The van der Waals surface area contributed by atoms with Gasteiger partial charge in [-0.2, -0.15) is 0 Å². The number of imidazole rings is 1. The topological polar surface area (TPSA) is 69.6 Å². The summed E-state index contributed by atoms with van der Waals surface area (Å²) in [5.74, 6) is 1.31. The lowest BCUT2D eigenvalue weighted by molar-refractivity contribution is 0.584. The Labute approximate surface area is 111 Å². The Morgan fingerprint density at radius 2 is 2.17 bits per heavy atom. The normalized spacial score (nSPS) is 11.1. The maximum atomic E-state index is 5.70. The minimum absolute atomic E-state index is 0.409. The molecule has 0 aromatic carbocycles. The van der Waals surface area contributed by atoms with Crippen LogP contribution in [0.3, 0.4) is 0 Å². The molecule has 2 heterocycles. The minimum atomic E-state index is 0.409. The van der Waals surface area contributed by atoms with Crippen LogP contribution >= 0.6 is 11.8 Å². The van der Waals surface area contributed by atoms with Crippen molar-refractivity contribution in [3.8, 4) is 0 Å². The lowest BCUT2D eigenvalue weighted by Gasteiger charge is -2.11. The average molecular weight is 263 g/mol. The van der Waals surface area contributed by atoms with Crippen LogP contribution in [0.4, 0.5) is 5.82 Å². The van der Waals surface area contributed by atoms with Crippen molar-refractivity contribution in [2.75, 3.05) is 5.73 Å². The highest BCUT2D eigenvalue weighted by atomic mass is 32.2. The first kappa shape index (κ1) is 12.9. The lowest BCUT2D eigenvalue weighted by Crippen LogP contribution is -2.03. The molecule has 5 nitrogen and oxygen atoms in total. The van der Waals surface area contributed by atoms with E-state index < -0.39 is 0 Å². The number of hydrogen-bond acceptors (Lipinski definition) is 5. The molecule has 0 aliphatic heterocycles. The molecular weight excluding hydrogens is 246 g/mol. The summed E-state index contributed by atoms with van der Waals surface area (Å²) in [5, 5.41) is 0.712. The van der Waals surface area contributed by atoms with Crippen LogP contribution in [0.1, 0.15) is 31.3 Å². The van der Waals surface area contributed by atoms with Crippen LogP contribution in [0.2, 0.25) is 0 Å². The molecule has 0 bridgehead atoms. The van der Waals surface area contributed by atoms with E-state index in [0.717, 1.165) is 11.4 Å². The van der Waals surface area contributed by atoms with E-state index in [4.69, 9.17) is 5.73 Å². The zero-order valence-electron chi connectivity index (χ0n) is 10.8. The first-order chi connectivity index (χ1) is 8.56. The molecule has 0 aliphatic rings. The zero-order chi connectivity index (χ0) is 13.1. The quantitative estimate of drug-likeness (QED) is 0.677. The average Bonchev–Trinajstić information content (AvgIpc) is 2.73. The van der Waals surface area contributed by atoms with Crippen LogP contribution in [0, 0.1) is 6.92 Å². The Morgan fingerprint density at radius 3 is 2.83 bits per heavy atom. The number of aryl methyl sites for hydroxylation is 1. The van der Waals surface area contributed by atoms with Gasteiger partial charge in [0.1, 0.15) is 5.82 Å². The summed E-state index contributed by atoms with van der Waals surface area (Å²) in [6, 6.07) is 2.18. The van der Waals surface area contributed by atoms with Crippen LogP contribution in [-0.4, -0.2) is 19.5 Å². The molecule has 0 unspecified atom stereocenters. The van der Waals surface area contributed by atoms with Gasteiger partial charge in [0, 0.05) is 35.4 Å². The van der Waals surface area contributed by atoms with Crippen LogP contribution < -0.4 is 5.73 Å². The molecule has 0 amide bonds.